The normalized spacial score (nSPS) is 16.3. The molecule has 2 aliphatic carbocycles. The van der Waals surface area contributed by atoms with Gasteiger partial charge in [0.2, 0.25) is 21.8 Å². The van der Waals surface area contributed by atoms with Gasteiger partial charge in [0.05, 0.1) is 46.6 Å². The number of sulfonamides is 1. The zero-order valence-electron chi connectivity index (χ0n) is 49.7. The lowest BCUT2D eigenvalue weighted by atomic mass is 9.77. The molecule has 19 nitrogen and oxygen atoms in total. The lowest BCUT2D eigenvalue weighted by molar-refractivity contribution is -0.143. The molecule has 0 saturated heterocycles. The lowest BCUT2D eigenvalue weighted by Crippen LogP contribution is -2.36. The Balaban J connectivity index is 1.24. The largest absolute Gasteiger partial charge is 0.530 e. The van der Waals surface area contributed by atoms with Crippen LogP contribution in [0.4, 0.5) is 43.9 Å². The maximum Gasteiger partial charge on any atom is 0.530 e. The van der Waals surface area contributed by atoms with Crippen LogP contribution in [0.15, 0.2) is 60.7 Å². The maximum atomic E-state index is 15.7. The first-order valence-corrected chi connectivity index (χ1v) is 33.0. The minimum atomic E-state index is -5.25. The quantitative estimate of drug-likeness (QED) is 0.0306. The molecule has 0 radical (unpaired) electrons. The minimum absolute atomic E-state index is 0.0286. The molecule has 0 unspecified atom stereocenters. The molecule has 3 aromatic carbocycles. The van der Waals surface area contributed by atoms with Crippen molar-refractivity contribution in [2.24, 2.45) is 5.92 Å². The predicted molar refractivity (Wildman–Crippen MR) is 310 cm³/mol. The summed E-state index contributed by atoms with van der Waals surface area (Å²) in [7, 11) is -13.5. The third kappa shape index (κ3) is 15.9. The van der Waals surface area contributed by atoms with Crippen LogP contribution in [-0.4, -0.2) is 93.7 Å². The number of phosphoric acid groups is 1. The van der Waals surface area contributed by atoms with E-state index >= 15 is 8.78 Å². The van der Waals surface area contributed by atoms with Gasteiger partial charge in [-0.2, -0.15) is 45.3 Å². The Hall–Kier alpha value is -7.10. The van der Waals surface area contributed by atoms with E-state index in [1.165, 1.54) is 73.6 Å². The zero-order valence-corrected chi connectivity index (χ0v) is 53.0. The van der Waals surface area contributed by atoms with Crippen molar-refractivity contribution < 1.29 is 98.4 Å². The summed E-state index contributed by atoms with van der Waals surface area (Å²) >= 11 is 6.74. The first kappa shape index (κ1) is 69.8. The number of halogens is 11. The molecule has 8 rings (SSSR count). The highest BCUT2D eigenvalue weighted by Gasteiger charge is 2.68. The molecule has 6 aromatic rings. The third-order valence-corrected chi connectivity index (χ3v) is 19.9. The molecule has 3 atom stereocenters. The van der Waals surface area contributed by atoms with Crippen molar-refractivity contribution in [2.45, 2.75) is 153 Å². The highest BCUT2D eigenvalue weighted by atomic mass is 35.5. The minimum Gasteiger partial charge on any atom is -0.481 e. The highest BCUT2D eigenvalue weighted by Crippen LogP contribution is 2.68. The number of carboxylic acids is 1. The number of hydrogen-bond acceptors (Lipinski definition) is 14. The second-order valence-electron chi connectivity index (χ2n) is 23.7. The van der Waals surface area contributed by atoms with E-state index in [-0.39, 0.29) is 50.4 Å². The van der Waals surface area contributed by atoms with Gasteiger partial charge in [0.25, 0.3) is 5.92 Å². The van der Waals surface area contributed by atoms with Crippen molar-refractivity contribution in [3.8, 4) is 28.7 Å². The molecular formula is C58H59ClF10N7O12PS2. The monoisotopic (exact) mass is 1370 g/mol. The van der Waals surface area contributed by atoms with Crippen LogP contribution in [0.25, 0.3) is 22.0 Å². The summed E-state index contributed by atoms with van der Waals surface area (Å²) in [4.78, 5) is 45.1. The van der Waals surface area contributed by atoms with Crippen LogP contribution >= 0.6 is 19.4 Å². The summed E-state index contributed by atoms with van der Waals surface area (Å²) in [5.74, 6) is -9.45. The number of hydrogen-bond donors (Lipinski definition) is 3. The molecular weight excluding hydrogens is 1310 g/mol. The number of carbonyl (C=O) groups is 3. The Bertz CT molecular complexity index is 4220. The second-order valence-corrected chi connectivity index (χ2v) is 29.9. The Kier molecular flexibility index (Phi) is 19.2. The average Bonchev–Trinajstić information content (AvgIpc) is 1.52. The van der Waals surface area contributed by atoms with E-state index in [1.54, 1.807) is 0 Å². The van der Waals surface area contributed by atoms with Gasteiger partial charge >= 0.3 is 26.1 Å². The molecule has 0 bridgehead atoms. The molecule has 492 valence electrons. The summed E-state index contributed by atoms with van der Waals surface area (Å²) in [6, 6.07) is 8.77. The van der Waals surface area contributed by atoms with Crippen LogP contribution in [-0.2, 0) is 97.1 Å². The summed E-state index contributed by atoms with van der Waals surface area (Å²) in [6.07, 6.45) is -13.5. The maximum absolute atomic E-state index is 15.7. The number of alkyl halides is 8. The molecule has 3 heterocycles. The molecule has 2 aliphatic rings. The number of amides is 2. The van der Waals surface area contributed by atoms with Gasteiger partial charge in [-0.25, -0.2) is 35.2 Å². The first-order chi connectivity index (χ1) is 41.8. The molecule has 0 aliphatic heterocycles. The van der Waals surface area contributed by atoms with E-state index < -0.39 is 198 Å². The van der Waals surface area contributed by atoms with Gasteiger partial charge in [-0.05, 0) is 114 Å². The fraction of sp³-hybridized carbons (Fsp3) is 0.448. The zero-order chi connectivity index (χ0) is 67.7. The summed E-state index contributed by atoms with van der Waals surface area (Å²) in [6.45, 7) is 8.09. The number of pyridine rings is 1. The number of sulfone groups is 1. The van der Waals surface area contributed by atoms with Gasteiger partial charge in [0, 0.05) is 57.7 Å². The first-order valence-electron chi connectivity index (χ1n) is 27.6. The van der Waals surface area contributed by atoms with Gasteiger partial charge in [0.1, 0.15) is 52.4 Å². The number of aromatic nitrogens is 5. The van der Waals surface area contributed by atoms with Gasteiger partial charge in [-0.3, -0.25) is 37.5 Å². The number of aliphatic carboxylic acids is 1. The Morgan fingerprint density at radius 1 is 0.879 bits per heavy atom. The van der Waals surface area contributed by atoms with Crippen LogP contribution in [0.3, 0.4) is 0 Å². The van der Waals surface area contributed by atoms with Crippen LogP contribution in [0.1, 0.15) is 131 Å². The number of carbonyl (C=O) groups excluding carboxylic acids is 2. The Labute approximate surface area is 520 Å². The van der Waals surface area contributed by atoms with E-state index in [0.717, 1.165) is 42.7 Å². The Morgan fingerprint density at radius 3 is 2.09 bits per heavy atom. The summed E-state index contributed by atoms with van der Waals surface area (Å²) in [5, 5.41) is 18.8. The smallest absolute Gasteiger partial charge is 0.481 e. The van der Waals surface area contributed by atoms with Crippen LogP contribution in [0, 0.1) is 29.4 Å². The average molecular weight is 1370 g/mol. The van der Waals surface area contributed by atoms with Crippen molar-refractivity contribution in [3.05, 3.63) is 128 Å². The van der Waals surface area contributed by atoms with Gasteiger partial charge in [0.15, 0.2) is 15.5 Å². The van der Waals surface area contributed by atoms with Crippen molar-refractivity contribution >= 4 is 68.0 Å². The van der Waals surface area contributed by atoms with Gasteiger partial charge in [-0.1, -0.05) is 49.6 Å². The molecule has 33 heteroatoms. The third-order valence-electron chi connectivity index (χ3n) is 14.6. The molecule has 3 N–H and O–H groups in total. The highest BCUT2D eigenvalue weighted by molar-refractivity contribution is 7.92. The standard InChI is InChI=1S/C58H59ClF10N7O12PS2/c1-29(2)86-89(81,87-30(3)4)88-43-12-10-11-32(22-46(79)80)49(43)54(5,6)25-44(77)74-91(84,85)27-42-48-40(59)16-15-37(51(48)76(72-42)28-56(62,63)64)36-14-13-35(17-18-55(7,8)90(9,82)83)70-50(36)41(21-31-19-33(60)23-34(61)20-31)71-45(78)26-75-53-47(52(73-75)58(67,68)69)38-24-39(38)57(53,65)66/h10-16,19-20,23,29-30,38-39,41H,21-22,24-28H2,1-9H3,(H,71,78)(H,74,77)(H,79,80)/t38-,39+,41-/m0/s1. The summed E-state index contributed by atoms with van der Waals surface area (Å²) in [5.41, 5.74) is -8.27. The van der Waals surface area contributed by atoms with E-state index in [1.807, 2.05) is 4.72 Å². The number of phosphoric ester groups is 1. The molecule has 3 aromatic heterocycles. The number of carboxylic acid groups (broad SMARTS) is 1. The second kappa shape index (κ2) is 25.1. The predicted octanol–water partition coefficient (Wildman–Crippen LogP) is 11.6. The fourth-order valence-electron chi connectivity index (χ4n) is 10.8. The molecule has 0 spiro atoms. The van der Waals surface area contributed by atoms with Crippen LogP contribution in [0.2, 0.25) is 5.02 Å². The number of rotatable bonds is 23. The molecule has 1 saturated carbocycles. The number of nitrogens with one attached hydrogen (secondary N) is 2. The van der Waals surface area contributed by atoms with E-state index in [2.05, 4.69) is 32.3 Å². The topological polar surface area (TPSA) is 257 Å². The van der Waals surface area contributed by atoms with Gasteiger partial charge in [-0.15, -0.1) is 0 Å². The molecule has 2 amide bonds. The SMILES string of the molecule is CC(C)OP(=O)(Oc1cccc(CC(=O)O)c1C(C)(C)CC(=O)NS(=O)(=O)Cc1nn(CC(F)(F)F)c2c(-c3ccc(C#CC(C)(C)S(C)(=O)=O)nc3[C@H](Cc3cc(F)cc(F)c3)NC(=O)Cn3nc(C(F)(F)F)c4c3C(F)(F)[C@@H]3C[C@H]43)ccc(Cl)c12)OC(C)C. The van der Waals surface area contributed by atoms with Crippen LogP contribution in [0.5, 0.6) is 5.75 Å². The number of nitrogens with zero attached hydrogens (tertiary/aromatic N) is 5. The van der Waals surface area contributed by atoms with E-state index in [4.69, 9.17) is 25.2 Å². The number of fused-ring (bicyclic) bond motifs is 4. The number of benzene rings is 3. The lowest BCUT2D eigenvalue weighted by Gasteiger charge is -2.31. The molecule has 1 fully saturated rings. The van der Waals surface area contributed by atoms with E-state index in [0.29, 0.717) is 10.7 Å². The van der Waals surface area contributed by atoms with E-state index in [9.17, 15) is 76.0 Å². The fourth-order valence-corrected chi connectivity index (χ4v) is 13.9. The van der Waals surface area contributed by atoms with Crippen molar-refractivity contribution in [2.75, 3.05) is 6.26 Å². The van der Waals surface area contributed by atoms with Gasteiger partial charge < -0.3 is 14.9 Å². The van der Waals surface area contributed by atoms with Crippen LogP contribution < -0.4 is 14.6 Å². The Morgan fingerprint density at radius 2 is 1.51 bits per heavy atom. The molecule has 91 heavy (non-hydrogen) atoms. The van der Waals surface area contributed by atoms with Crippen molar-refractivity contribution in [1.29, 1.82) is 0 Å². The van der Waals surface area contributed by atoms with Crippen molar-refractivity contribution in [3.63, 3.8) is 0 Å². The summed E-state index contributed by atoms with van der Waals surface area (Å²) < 4.78 is 234. The van der Waals surface area contributed by atoms with Crippen molar-refractivity contribution in [1.82, 2.24) is 34.6 Å².